The van der Waals surface area contributed by atoms with Gasteiger partial charge in [0.05, 0.1) is 6.61 Å². The number of cyclic esters (lactones) is 1. The largest absolute Gasteiger partial charge is 0.465 e. The molecule has 3 heteroatoms. The molecular weight excluding hydrogens is 310 g/mol. The van der Waals surface area contributed by atoms with Gasteiger partial charge in [-0.2, -0.15) is 0 Å². The van der Waals surface area contributed by atoms with Crippen molar-refractivity contribution in [1.29, 1.82) is 0 Å². The van der Waals surface area contributed by atoms with Crippen LogP contribution in [0, 0.1) is 34.5 Å². The van der Waals surface area contributed by atoms with E-state index >= 15 is 0 Å². The third kappa shape index (κ3) is 1.66. The first-order chi connectivity index (χ1) is 12.2. The zero-order chi connectivity index (χ0) is 16.8. The third-order valence-corrected chi connectivity index (χ3v) is 9.52. The fourth-order valence-corrected chi connectivity index (χ4v) is 8.75. The Hall–Kier alpha value is -0.830. The van der Waals surface area contributed by atoms with Crippen LogP contribution < -0.4 is 0 Å². The summed E-state index contributed by atoms with van der Waals surface area (Å²) in [5.41, 5.74) is 2.28. The maximum Gasteiger partial charge on any atom is 0.305 e. The summed E-state index contributed by atoms with van der Waals surface area (Å²) in [7, 11) is 0. The fraction of sp³-hybridized carbons (Fsp3) is 0.864. The zero-order valence-corrected chi connectivity index (χ0v) is 15.5. The summed E-state index contributed by atoms with van der Waals surface area (Å²) in [4.78, 5) is 15.2. The van der Waals surface area contributed by atoms with Crippen molar-refractivity contribution in [3.8, 4) is 0 Å². The van der Waals surface area contributed by atoms with Crippen LogP contribution in [0.4, 0.5) is 0 Å². The van der Waals surface area contributed by atoms with Crippen molar-refractivity contribution in [3.05, 3.63) is 11.6 Å². The molecule has 0 amide bonds. The smallest absolute Gasteiger partial charge is 0.305 e. The second-order valence-electron chi connectivity index (χ2n) is 10.1. The van der Waals surface area contributed by atoms with E-state index in [0.29, 0.717) is 19.1 Å². The molecule has 3 nitrogen and oxygen atoms in total. The molecule has 0 radical (unpaired) electrons. The summed E-state index contributed by atoms with van der Waals surface area (Å²) >= 11 is 0. The lowest BCUT2D eigenvalue weighted by molar-refractivity contribution is -0.174. The Labute approximate surface area is 151 Å². The lowest BCUT2D eigenvalue weighted by atomic mass is 9.42. The first-order valence-electron chi connectivity index (χ1n) is 10.8. The van der Waals surface area contributed by atoms with Crippen molar-refractivity contribution in [3.63, 3.8) is 0 Å². The molecule has 3 heterocycles. The van der Waals surface area contributed by atoms with Crippen molar-refractivity contribution in [2.24, 2.45) is 34.5 Å². The van der Waals surface area contributed by atoms with Crippen LogP contribution in [0.2, 0.25) is 0 Å². The average Bonchev–Trinajstić information content (AvgIpc) is 3.14. The van der Waals surface area contributed by atoms with Crippen molar-refractivity contribution in [2.45, 2.75) is 64.3 Å². The number of allylic oxidation sites excluding steroid dienone is 1. The number of carbonyl (C=O) groups is 1. The van der Waals surface area contributed by atoms with Gasteiger partial charge in [-0.3, -0.25) is 9.69 Å². The summed E-state index contributed by atoms with van der Waals surface area (Å²) in [5.74, 6) is 3.25. The summed E-state index contributed by atoms with van der Waals surface area (Å²) in [6, 6.07) is 0.687. The predicted molar refractivity (Wildman–Crippen MR) is 95.8 cm³/mol. The van der Waals surface area contributed by atoms with Crippen LogP contribution in [-0.2, 0) is 9.53 Å². The molecule has 3 aliphatic carbocycles. The topological polar surface area (TPSA) is 29.5 Å². The van der Waals surface area contributed by atoms with E-state index in [-0.39, 0.29) is 16.8 Å². The van der Waals surface area contributed by atoms with Gasteiger partial charge in [0, 0.05) is 36.4 Å². The van der Waals surface area contributed by atoms with Gasteiger partial charge in [-0.15, -0.1) is 0 Å². The number of ether oxygens (including phenoxy) is 1. The Bertz CT molecular complexity index is 656. The number of nitrogens with zero attached hydrogens (tertiary/aromatic N) is 1. The minimum Gasteiger partial charge on any atom is -0.465 e. The second kappa shape index (κ2) is 4.91. The zero-order valence-electron chi connectivity index (χ0n) is 15.5. The molecule has 5 fully saturated rings. The molecular formula is C22H31NO2. The summed E-state index contributed by atoms with van der Waals surface area (Å²) < 4.78 is 5.92. The fourth-order valence-electron chi connectivity index (χ4n) is 8.75. The molecule has 0 aromatic carbocycles. The van der Waals surface area contributed by atoms with Crippen LogP contribution in [0.15, 0.2) is 11.6 Å². The highest BCUT2D eigenvalue weighted by Crippen LogP contribution is 2.73. The minimum atomic E-state index is 0.0682. The molecule has 4 bridgehead atoms. The molecule has 0 unspecified atom stereocenters. The normalized spacial score (nSPS) is 54.0. The van der Waals surface area contributed by atoms with Gasteiger partial charge in [-0.1, -0.05) is 18.6 Å². The molecule has 25 heavy (non-hydrogen) atoms. The Balaban J connectivity index is 1.62. The van der Waals surface area contributed by atoms with Crippen LogP contribution in [0.3, 0.4) is 0 Å². The van der Waals surface area contributed by atoms with Gasteiger partial charge in [0.15, 0.2) is 0 Å². The van der Waals surface area contributed by atoms with Gasteiger partial charge in [0.1, 0.15) is 0 Å². The van der Waals surface area contributed by atoms with Gasteiger partial charge in [-0.25, -0.2) is 0 Å². The first kappa shape index (κ1) is 15.2. The van der Waals surface area contributed by atoms with E-state index in [0.717, 1.165) is 30.1 Å². The second-order valence-corrected chi connectivity index (χ2v) is 10.1. The quantitative estimate of drug-likeness (QED) is 0.496. The lowest BCUT2D eigenvalue weighted by Crippen LogP contribution is -2.68. The SMILES string of the molecule is C[C@H]1CN2C[C@H]3CC[C@H]4CCC=C4[C@]45CCC(=O)OC[C@]34CC[C@H]1[C@@H]25. The highest BCUT2D eigenvalue weighted by Gasteiger charge is 2.72. The number of rotatable bonds is 0. The molecule has 3 saturated heterocycles. The highest BCUT2D eigenvalue weighted by atomic mass is 16.5. The van der Waals surface area contributed by atoms with Crippen molar-refractivity contribution >= 4 is 5.97 Å². The van der Waals surface area contributed by atoms with Gasteiger partial charge < -0.3 is 4.74 Å². The number of piperidine rings is 1. The average molecular weight is 341 g/mol. The number of hydrogen-bond acceptors (Lipinski definition) is 3. The van der Waals surface area contributed by atoms with E-state index in [2.05, 4.69) is 17.9 Å². The maximum absolute atomic E-state index is 12.4. The van der Waals surface area contributed by atoms with E-state index in [1.54, 1.807) is 5.57 Å². The number of esters is 1. The van der Waals surface area contributed by atoms with Gasteiger partial charge in [0.2, 0.25) is 0 Å². The molecule has 6 aliphatic rings. The van der Waals surface area contributed by atoms with Gasteiger partial charge in [0.25, 0.3) is 0 Å². The molecule has 2 saturated carbocycles. The molecule has 7 atom stereocenters. The molecule has 0 N–H and O–H groups in total. The van der Waals surface area contributed by atoms with E-state index < -0.39 is 0 Å². The molecule has 0 aromatic rings. The molecule has 0 spiro atoms. The number of hydrogen-bond donors (Lipinski definition) is 0. The van der Waals surface area contributed by atoms with E-state index in [1.807, 2.05) is 0 Å². The van der Waals surface area contributed by atoms with Gasteiger partial charge in [-0.05, 0) is 68.6 Å². The number of carbonyl (C=O) groups excluding carboxylic acids is 1. The molecule has 3 aliphatic heterocycles. The lowest BCUT2D eigenvalue weighted by Gasteiger charge is -2.66. The molecule has 6 rings (SSSR count). The molecule has 0 aromatic heterocycles. The Morgan fingerprint density at radius 2 is 2.08 bits per heavy atom. The van der Waals surface area contributed by atoms with Crippen molar-refractivity contribution in [2.75, 3.05) is 19.7 Å². The van der Waals surface area contributed by atoms with Crippen LogP contribution in [0.1, 0.15) is 58.3 Å². The maximum atomic E-state index is 12.4. The van der Waals surface area contributed by atoms with Crippen LogP contribution in [0.25, 0.3) is 0 Å². The first-order valence-corrected chi connectivity index (χ1v) is 10.8. The summed E-state index contributed by atoms with van der Waals surface area (Å²) in [6.45, 7) is 5.76. The van der Waals surface area contributed by atoms with Crippen LogP contribution >= 0.6 is 0 Å². The van der Waals surface area contributed by atoms with E-state index in [1.165, 1.54) is 51.6 Å². The number of fused-ring (bicyclic) bond motifs is 1. The Morgan fingerprint density at radius 3 is 3.00 bits per heavy atom. The van der Waals surface area contributed by atoms with Crippen LogP contribution in [-0.4, -0.2) is 36.6 Å². The Kier molecular flexibility index (Phi) is 2.99. The standard InChI is InChI=1S/C22H31NO2/c1-14-11-23-12-16-6-5-15-3-2-4-18(15)22-10-8-19(24)25-13-21(16,22)9-7-17(14)20(22)23/h4,14-17,20H,2-3,5-13H2,1H3/t14-,15+,16+,17+,20+,21+,22-/m0/s1. The van der Waals surface area contributed by atoms with Crippen LogP contribution in [0.5, 0.6) is 0 Å². The minimum absolute atomic E-state index is 0.0682. The van der Waals surface area contributed by atoms with Crippen molar-refractivity contribution < 1.29 is 9.53 Å². The monoisotopic (exact) mass is 341 g/mol. The Morgan fingerprint density at radius 1 is 1.16 bits per heavy atom. The highest BCUT2D eigenvalue weighted by molar-refractivity contribution is 5.70. The summed E-state index contributed by atoms with van der Waals surface area (Å²) in [6.07, 6.45) is 12.4. The van der Waals surface area contributed by atoms with E-state index in [9.17, 15) is 4.79 Å². The predicted octanol–water partition coefficient (Wildman–Crippen LogP) is 3.79. The third-order valence-electron chi connectivity index (χ3n) is 9.52. The molecule has 136 valence electrons. The van der Waals surface area contributed by atoms with E-state index in [4.69, 9.17) is 4.74 Å². The van der Waals surface area contributed by atoms with Gasteiger partial charge >= 0.3 is 5.97 Å². The summed E-state index contributed by atoms with van der Waals surface area (Å²) in [5, 5.41) is 0. The van der Waals surface area contributed by atoms with Crippen molar-refractivity contribution in [1.82, 2.24) is 4.90 Å².